The molecule has 2 aliphatic heterocycles. The number of carbonyl (C=O) groups excluding carboxylic acids is 1. The number of likely N-dealkylation sites (tertiary alicyclic amines) is 1. The number of hydrogen-bond acceptors (Lipinski definition) is 4. The van der Waals surface area contributed by atoms with Crippen molar-refractivity contribution >= 4 is 16.9 Å². The third kappa shape index (κ3) is 4.31. The number of carbonyl (C=O) groups is 1. The smallest absolute Gasteiger partial charge is 0.318 e. The van der Waals surface area contributed by atoms with Crippen LogP contribution < -0.4 is 10.1 Å². The fourth-order valence-corrected chi connectivity index (χ4v) is 7.03. The lowest BCUT2D eigenvalue weighted by Gasteiger charge is -2.50. The predicted octanol–water partition coefficient (Wildman–Crippen LogP) is 4.18. The lowest BCUT2D eigenvalue weighted by Crippen LogP contribution is -2.57. The lowest BCUT2D eigenvalue weighted by molar-refractivity contribution is 0.0628. The first-order valence-electron chi connectivity index (χ1n) is 13.6. The van der Waals surface area contributed by atoms with E-state index in [0.29, 0.717) is 13.1 Å². The maximum atomic E-state index is 13.3. The zero-order chi connectivity index (χ0) is 24.6. The number of amides is 2. The van der Waals surface area contributed by atoms with Crippen molar-refractivity contribution in [1.29, 1.82) is 0 Å². The van der Waals surface area contributed by atoms with Gasteiger partial charge in [0.05, 0.1) is 25.3 Å². The molecule has 0 radical (unpaired) electrons. The second-order valence-electron chi connectivity index (χ2n) is 11.0. The van der Waals surface area contributed by atoms with E-state index in [1.807, 2.05) is 11.0 Å². The number of aryl methyl sites for hydroxylation is 1. The molecule has 1 aliphatic carbocycles. The largest absolute Gasteiger partial charge is 0.497 e. The molecule has 2 aromatic rings. The number of nitrogens with zero attached hydrogens (tertiary/aromatic N) is 3. The number of nitrogens with one attached hydrogen (secondary N) is 1. The summed E-state index contributed by atoms with van der Waals surface area (Å²) >= 11 is 0. The van der Waals surface area contributed by atoms with Crippen molar-refractivity contribution in [3.05, 3.63) is 29.5 Å². The molecule has 3 aliphatic rings. The average Bonchev–Trinajstić information content (AvgIpc) is 3.50. The van der Waals surface area contributed by atoms with Crippen LogP contribution in [0.2, 0.25) is 0 Å². The topological polar surface area (TPSA) is 70.0 Å². The lowest BCUT2D eigenvalue weighted by atomic mass is 9.68. The number of ether oxygens (including phenoxy) is 1. The van der Waals surface area contributed by atoms with Crippen molar-refractivity contribution in [1.82, 2.24) is 19.7 Å². The summed E-state index contributed by atoms with van der Waals surface area (Å²) in [5.74, 6) is 1.68. The zero-order valence-electron chi connectivity index (χ0n) is 21.7. The van der Waals surface area contributed by atoms with Gasteiger partial charge in [-0.3, -0.25) is 0 Å². The van der Waals surface area contributed by atoms with Crippen LogP contribution in [0.15, 0.2) is 18.2 Å². The van der Waals surface area contributed by atoms with Crippen molar-refractivity contribution < 1.29 is 14.6 Å². The number of rotatable bonds is 6. The van der Waals surface area contributed by atoms with Gasteiger partial charge in [0.2, 0.25) is 0 Å². The number of methoxy groups -OCH3 is 1. The Balaban J connectivity index is 1.55. The van der Waals surface area contributed by atoms with Gasteiger partial charge in [0.1, 0.15) is 5.75 Å². The molecule has 0 unspecified atom stereocenters. The number of benzene rings is 1. The Morgan fingerprint density at radius 1 is 1.23 bits per heavy atom. The van der Waals surface area contributed by atoms with E-state index in [1.54, 1.807) is 7.11 Å². The van der Waals surface area contributed by atoms with Crippen LogP contribution in [0.5, 0.6) is 5.75 Å². The van der Waals surface area contributed by atoms with E-state index in [0.717, 1.165) is 55.2 Å². The highest BCUT2D eigenvalue weighted by molar-refractivity contribution is 5.89. The molecular weight excluding hydrogens is 440 g/mol. The van der Waals surface area contributed by atoms with Crippen molar-refractivity contribution in [2.75, 3.05) is 46.4 Å². The van der Waals surface area contributed by atoms with Crippen LogP contribution in [0, 0.1) is 5.92 Å². The highest BCUT2D eigenvalue weighted by atomic mass is 16.5. The minimum atomic E-state index is -0.354. The Labute approximate surface area is 209 Å². The van der Waals surface area contributed by atoms with Crippen molar-refractivity contribution in [3.63, 3.8) is 0 Å². The van der Waals surface area contributed by atoms with E-state index >= 15 is 0 Å². The molecule has 3 heterocycles. The monoisotopic (exact) mass is 482 g/mol. The number of fused-ring (bicyclic) bond motifs is 4. The molecule has 0 bridgehead atoms. The van der Waals surface area contributed by atoms with Crippen molar-refractivity contribution in [2.45, 2.75) is 63.3 Å². The normalized spacial score (nSPS) is 22.6. The first-order valence-corrected chi connectivity index (χ1v) is 13.6. The molecule has 1 spiro atoms. The fourth-order valence-electron chi connectivity index (χ4n) is 7.03. The Bertz CT molecular complexity index is 1050. The van der Waals surface area contributed by atoms with Crippen LogP contribution in [0.3, 0.4) is 0 Å². The van der Waals surface area contributed by atoms with Crippen molar-refractivity contribution in [2.24, 2.45) is 13.0 Å². The summed E-state index contributed by atoms with van der Waals surface area (Å²) in [5, 5.41) is 14.9. The van der Waals surface area contributed by atoms with Crippen LogP contribution in [-0.4, -0.2) is 71.9 Å². The molecule has 35 heavy (non-hydrogen) atoms. The average molecular weight is 483 g/mol. The van der Waals surface area contributed by atoms with E-state index in [-0.39, 0.29) is 24.1 Å². The van der Waals surface area contributed by atoms with Crippen LogP contribution in [-0.2, 0) is 12.5 Å². The van der Waals surface area contributed by atoms with Gasteiger partial charge in [-0.1, -0.05) is 19.8 Å². The second kappa shape index (κ2) is 10.0. The third-order valence-electron chi connectivity index (χ3n) is 8.91. The van der Waals surface area contributed by atoms with Gasteiger partial charge in [-0.15, -0.1) is 0 Å². The number of aliphatic hydroxyl groups is 1. The predicted molar refractivity (Wildman–Crippen MR) is 139 cm³/mol. The molecule has 5 rings (SSSR count). The SMILES string of the molecule is CCCNC(=O)N1CC2(CCN(CC3CCCC3)CC2)c2c(n(C)c3cc(OC)ccc23)[C@@H]1CO. The number of piperidine rings is 1. The maximum Gasteiger partial charge on any atom is 0.318 e. The van der Waals surface area contributed by atoms with Gasteiger partial charge in [-0.25, -0.2) is 4.79 Å². The van der Waals surface area contributed by atoms with Crippen LogP contribution >= 0.6 is 0 Å². The molecule has 1 atom stereocenters. The van der Waals surface area contributed by atoms with E-state index < -0.39 is 0 Å². The standard InChI is InChI=1S/C28H42N4O3/c1-4-13-29-27(34)32-19-28(11-14-31(15-12-28)17-20-7-5-6-8-20)25-22-10-9-21(35-3)16-23(22)30(2)26(25)24(32)18-33/h9-10,16,20,24,33H,4-8,11-15,17-19H2,1-3H3,(H,29,34)/t24-/m0/s1. The Hall–Kier alpha value is -2.25. The highest BCUT2D eigenvalue weighted by Gasteiger charge is 2.49. The Morgan fingerprint density at radius 2 is 1.97 bits per heavy atom. The van der Waals surface area contributed by atoms with Crippen LogP contribution in [0.1, 0.15) is 69.2 Å². The van der Waals surface area contributed by atoms with E-state index in [2.05, 4.69) is 40.9 Å². The summed E-state index contributed by atoms with van der Waals surface area (Å²) < 4.78 is 7.73. The molecule has 1 aromatic heterocycles. The molecule has 2 N–H and O–H groups in total. The Morgan fingerprint density at radius 3 is 2.63 bits per heavy atom. The summed E-state index contributed by atoms with van der Waals surface area (Å²) in [6.45, 7) is 6.63. The maximum absolute atomic E-state index is 13.3. The summed E-state index contributed by atoms with van der Waals surface area (Å²) in [6, 6.07) is 5.90. The van der Waals surface area contributed by atoms with Crippen molar-refractivity contribution in [3.8, 4) is 5.75 Å². The van der Waals surface area contributed by atoms with E-state index in [9.17, 15) is 9.90 Å². The van der Waals surface area contributed by atoms with E-state index in [1.165, 1.54) is 43.2 Å². The molecule has 1 aromatic carbocycles. The first kappa shape index (κ1) is 24.4. The summed E-state index contributed by atoms with van der Waals surface area (Å²) in [4.78, 5) is 17.9. The second-order valence-corrected chi connectivity index (χ2v) is 11.0. The number of aliphatic hydroxyl groups excluding tert-OH is 1. The number of hydrogen-bond donors (Lipinski definition) is 2. The molecule has 7 heteroatoms. The molecule has 2 fully saturated rings. The Kier molecular flexibility index (Phi) is 6.99. The zero-order valence-corrected chi connectivity index (χ0v) is 21.7. The van der Waals surface area contributed by atoms with Gasteiger partial charge in [-0.2, -0.15) is 0 Å². The molecule has 1 saturated carbocycles. The van der Waals surface area contributed by atoms with Gasteiger partial charge in [-0.05, 0) is 68.8 Å². The number of urea groups is 1. The van der Waals surface area contributed by atoms with E-state index in [4.69, 9.17) is 4.74 Å². The summed E-state index contributed by atoms with van der Waals surface area (Å²) in [7, 11) is 3.77. The molecule has 1 saturated heterocycles. The van der Waals surface area contributed by atoms with Gasteiger partial charge < -0.3 is 29.5 Å². The van der Waals surface area contributed by atoms with Gasteiger partial charge in [0.25, 0.3) is 0 Å². The fraction of sp³-hybridized carbons (Fsp3) is 0.679. The minimum Gasteiger partial charge on any atom is -0.497 e. The van der Waals surface area contributed by atoms with Crippen LogP contribution in [0.4, 0.5) is 4.79 Å². The molecule has 192 valence electrons. The minimum absolute atomic E-state index is 0.0628. The van der Waals surface area contributed by atoms with Gasteiger partial charge in [0.15, 0.2) is 0 Å². The van der Waals surface area contributed by atoms with Gasteiger partial charge in [0, 0.05) is 49.2 Å². The molecule has 7 nitrogen and oxygen atoms in total. The summed E-state index contributed by atoms with van der Waals surface area (Å²) in [5.41, 5.74) is 3.43. The third-order valence-corrected chi connectivity index (χ3v) is 8.91. The molecular formula is C28H42N4O3. The quantitative estimate of drug-likeness (QED) is 0.648. The van der Waals surface area contributed by atoms with Gasteiger partial charge >= 0.3 is 6.03 Å². The summed E-state index contributed by atoms with van der Waals surface area (Å²) in [6.07, 6.45) is 8.48. The molecule has 2 amide bonds. The van der Waals surface area contributed by atoms with Crippen LogP contribution in [0.25, 0.3) is 10.9 Å². The highest BCUT2D eigenvalue weighted by Crippen LogP contribution is 2.50. The first-order chi connectivity index (χ1) is 17.0. The number of aromatic nitrogens is 1.